The molecule has 0 spiro atoms. The van der Waals surface area contributed by atoms with Crippen LogP contribution in [-0.2, 0) is 6.42 Å². The molecule has 0 aliphatic carbocycles. The summed E-state index contributed by atoms with van der Waals surface area (Å²) in [5.74, 6) is 1.83. The fraction of sp³-hybridized carbons (Fsp3) is 0.450. The zero-order valence-corrected chi connectivity index (χ0v) is 16.9. The fourth-order valence-corrected chi connectivity index (χ4v) is 4.08. The van der Waals surface area contributed by atoms with Gasteiger partial charge < -0.3 is 9.80 Å². The third kappa shape index (κ3) is 3.34. The van der Waals surface area contributed by atoms with Crippen LogP contribution in [0.2, 0.25) is 5.02 Å². The van der Waals surface area contributed by atoms with Crippen LogP contribution >= 0.6 is 11.6 Å². The van der Waals surface area contributed by atoms with E-state index in [9.17, 15) is 0 Å². The first-order chi connectivity index (χ1) is 13.1. The van der Waals surface area contributed by atoms with Crippen molar-refractivity contribution in [1.29, 1.82) is 0 Å². The molecular weight excluding hydrogens is 360 g/mol. The number of nitrogens with zero attached hydrogens (tertiary/aromatic N) is 6. The van der Waals surface area contributed by atoms with Crippen LogP contribution in [0, 0.1) is 13.8 Å². The summed E-state index contributed by atoms with van der Waals surface area (Å²) in [5, 5.41) is 5.24. The molecule has 0 unspecified atom stereocenters. The van der Waals surface area contributed by atoms with E-state index in [1.165, 1.54) is 16.8 Å². The van der Waals surface area contributed by atoms with E-state index < -0.39 is 0 Å². The van der Waals surface area contributed by atoms with Gasteiger partial charge in [0, 0.05) is 48.1 Å². The minimum Gasteiger partial charge on any atom is -0.368 e. The molecular formula is C20H25ClN6. The van der Waals surface area contributed by atoms with Gasteiger partial charge >= 0.3 is 0 Å². The van der Waals surface area contributed by atoms with Gasteiger partial charge in [-0.05, 0) is 38.0 Å². The number of piperazine rings is 1. The zero-order chi connectivity index (χ0) is 19.0. The van der Waals surface area contributed by atoms with Crippen LogP contribution in [0.4, 0.5) is 11.5 Å². The van der Waals surface area contributed by atoms with Crippen molar-refractivity contribution >= 4 is 28.9 Å². The second-order valence-corrected chi connectivity index (χ2v) is 7.56. The Bertz CT molecular complexity index is 959. The third-order valence-corrected chi connectivity index (χ3v) is 5.53. The summed E-state index contributed by atoms with van der Waals surface area (Å²) in [7, 11) is 0. The predicted octanol–water partition coefficient (Wildman–Crippen LogP) is 3.67. The maximum absolute atomic E-state index is 6.22. The number of hydrogen-bond donors (Lipinski definition) is 0. The molecule has 3 heterocycles. The van der Waals surface area contributed by atoms with Gasteiger partial charge in [0.25, 0.3) is 5.78 Å². The van der Waals surface area contributed by atoms with Crippen LogP contribution < -0.4 is 9.80 Å². The largest absolute Gasteiger partial charge is 0.368 e. The van der Waals surface area contributed by atoms with Crippen LogP contribution in [0.15, 0.2) is 24.5 Å². The van der Waals surface area contributed by atoms with Crippen LogP contribution in [-0.4, -0.2) is 45.8 Å². The summed E-state index contributed by atoms with van der Waals surface area (Å²) < 4.78 is 1.90. The van der Waals surface area contributed by atoms with Gasteiger partial charge in [0.2, 0.25) is 0 Å². The summed E-state index contributed by atoms with van der Waals surface area (Å²) in [4.78, 5) is 13.8. The molecule has 6 nitrogen and oxygen atoms in total. The molecule has 1 aliphatic rings. The Morgan fingerprint density at radius 3 is 2.56 bits per heavy atom. The summed E-state index contributed by atoms with van der Waals surface area (Å²) >= 11 is 6.22. The van der Waals surface area contributed by atoms with Crippen molar-refractivity contribution < 1.29 is 0 Å². The Morgan fingerprint density at radius 2 is 1.81 bits per heavy atom. The van der Waals surface area contributed by atoms with Gasteiger partial charge in [-0.25, -0.2) is 4.98 Å². The molecule has 0 amide bonds. The number of fused-ring (bicyclic) bond motifs is 1. The van der Waals surface area contributed by atoms with Gasteiger partial charge in [-0.2, -0.15) is 14.6 Å². The van der Waals surface area contributed by atoms with E-state index in [1.807, 2.05) is 10.6 Å². The van der Waals surface area contributed by atoms with Gasteiger partial charge in [0.05, 0.1) is 0 Å². The molecule has 0 atom stereocenters. The molecule has 4 rings (SSSR count). The van der Waals surface area contributed by atoms with Crippen molar-refractivity contribution in [3.05, 3.63) is 46.4 Å². The molecule has 1 fully saturated rings. The topological polar surface area (TPSA) is 49.6 Å². The summed E-state index contributed by atoms with van der Waals surface area (Å²) in [6.45, 7) is 10.2. The highest BCUT2D eigenvalue weighted by atomic mass is 35.5. The molecule has 2 aromatic heterocycles. The Kier molecular flexibility index (Phi) is 4.91. The van der Waals surface area contributed by atoms with Crippen LogP contribution in [0.1, 0.15) is 30.2 Å². The lowest BCUT2D eigenvalue weighted by atomic mass is 10.1. The maximum Gasteiger partial charge on any atom is 0.254 e. The van der Waals surface area contributed by atoms with E-state index in [-0.39, 0.29) is 0 Å². The molecule has 0 saturated carbocycles. The van der Waals surface area contributed by atoms with E-state index in [4.69, 9.17) is 11.6 Å². The van der Waals surface area contributed by atoms with E-state index in [1.54, 1.807) is 6.33 Å². The quantitative estimate of drug-likeness (QED) is 0.686. The van der Waals surface area contributed by atoms with Gasteiger partial charge in [0.15, 0.2) is 0 Å². The average molecular weight is 385 g/mol. The molecule has 0 bridgehead atoms. The number of aromatic nitrogens is 4. The van der Waals surface area contributed by atoms with Crippen LogP contribution in [0.3, 0.4) is 0 Å². The first-order valence-corrected chi connectivity index (χ1v) is 9.91. The van der Waals surface area contributed by atoms with Crippen molar-refractivity contribution in [3.8, 4) is 0 Å². The normalized spacial score (nSPS) is 15.0. The SMILES string of the molecule is CCCc1c(C)nc2ncnn2c1N1CCN(c2cc(Cl)ccc2C)CC1. The monoisotopic (exact) mass is 384 g/mol. The molecule has 7 heteroatoms. The van der Waals surface area contributed by atoms with Crippen molar-refractivity contribution in [1.82, 2.24) is 19.6 Å². The lowest BCUT2D eigenvalue weighted by molar-refractivity contribution is 0.632. The minimum absolute atomic E-state index is 0.676. The lowest BCUT2D eigenvalue weighted by Crippen LogP contribution is -2.47. The highest BCUT2D eigenvalue weighted by molar-refractivity contribution is 6.30. The van der Waals surface area contributed by atoms with E-state index in [0.29, 0.717) is 5.78 Å². The van der Waals surface area contributed by atoms with E-state index in [0.717, 1.165) is 55.6 Å². The minimum atomic E-state index is 0.676. The number of halogens is 1. The highest BCUT2D eigenvalue weighted by Gasteiger charge is 2.24. The Labute approximate surface area is 164 Å². The predicted molar refractivity (Wildman–Crippen MR) is 110 cm³/mol. The van der Waals surface area contributed by atoms with Crippen molar-refractivity contribution in [3.63, 3.8) is 0 Å². The third-order valence-electron chi connectivity index (χ3n) is 5.30. The van der Waals surface area contributed by atoms with Crippen molar-refractivity contribution in [2.75, 3.05) is 36.0 Å². The molecule has 3 aromatic rings. The lowest BCUT2D eigenvalue weighted by Gasteiger charge is -2.38. The molecule has 1 aliphatic heterocycles. The van der Waals surface area contributed by atoms with E-state index >= 15 is 0 Å². The molecule has 142 valence electrons. The van der Waals surface area contributed by atoms with Gasteiger partial charge in [-0.1, -0.05) is 31.0 Å². The first-order valence-electron chi connectivity index (χ1n) is 9.53. The van der Waals surface area contributed by atoms with E-state index in [2.05, 4.69) is 57.8 Å². The Hall–Kier alpha value is -2.34. The Balaban J connectivity index is 1.64. The molecule has 1 saturated heterocycles. The summed E-state index contributed by atoms with van der Waals surface area (Å²) in [6, 6.07) is 6.12. The van der Waals surface area contributed by atoms with Gasteiger partial charge in [-0.3, -0.25) is 0 Å². The molecule has 27 heavy (non-hydrogen) atoms. The van der Waals surface area contributed by atoms with Crippen LogP contribution in [0.25, 0.3) is 5.78 Å². The Morgan fingerprint density at radius 1 is 1.07 bits per heavy atom. The number of anilines is 2. The number of benzene rings is 1. The van der Waals surface area contributed by atoms with Gasteiger partial charge in [0.1, 0.15) is 12.1 Å². The maximum atomic E-state index is 6.22. The van der Waals surface area contributed by atoms with Gasteiger partial charge in [-0.15, -0.1) is 0 Å². The standard InChI is InChI=1S/C20H25ClN6/c1-4-5-17-15(3)24-20-22-13-23-27(20)19(17)26-10-8-25(9-11-26)18-12-16(21)7-6-14(18)2/h6-7,12-13H,4-5,8-11H2,1-3H3. The highest BCUT2D eigenvalue weighted by Crippen LogP contribution is 2.29. The van der Waals surface area contributed by atoms with Crippen molar-refractivity contribution in [2.45, 2.75) is 33.6 Å². The van der Waals surface area contributed by atoms with Crippen molar-refractivity contribution in [2.24, 2.45) is 0 Å². The number of hydrogen-bond acceptors (Lipinski definition) is 5. The zero-order valence-electron chi connectivity index (χ0n) is 16.1. The first kappa shape index (κ1) is 18.0. The fourth-order valence-electron chi connectivity index (χ4n) is 3.92. The second-order valence-electron chi connectivity index (χ2n) is 7.13. The number of aryl methyl sites for hydroxylation is 2. The molecule has 0 N–H and O–H groups in total. The summed E-state index contributed by atoms with van der Waals surface area (Å²) in [6.07, 6.45) is 3.67. The summed E-state index contributed by atoms with van der Waals surface area (Å²) in [5.41, 5.74) is 4.83. The van der Waals surface area contributed by atoms with Crippen LogP contribution in [0.5, 0.6) is 0 Å². The second kappa shape index (κ2) is 7.35. The molecule has 1 aromatic carbocycles. The molecule has 0 radical (unpaired) electrons. The number of rotatable bonds is 4. The average Bonchev–Trinajstić information content (AvgIpc) is 3.12. The smallest absolute Gasteiger partial charge is 0.254 e.